The van der Waals surface area contributed by atoms with E-state index in [9.17, 15) is 4.79 Å². The van der Waals surface area contributed by atoms with Crippen LogP contribution in [0.15, 0.2) is 42.5 Å². The molecule has 4 rings (SSSR count). The highest BCUT2D eigenvalue weighted by molar-refractivity contribution is 7.99. The van der Waals surface area contributed by atoms with Gasteiger partial charge in [0.15, 0.2) is 11.5 Å². The zero-order chi connectivity index (χ0) is 22.5. The fourth-order valence-corrected chi connectivity index (χ4v) is 5.59. The molecular formula is C24H27N3O3S2. The Morgan fingerprint density at radius 2 is 1.88 bits per heavy atom. The summed E-state index contributed by atoms with van der Waals surface area (Å²) in [5.74, 6) is 3.52. The molecule has 2 heterocycles. The van der Waals surface area contributed by atoms with E-state index in [4.69, 9.17) is 9.47 Å². The summed E-state index contributed by atoms with van der Waals surface area (Å²) in [4.78, 5) is 20.7. The Hall–Kier alpha value is -2.55. The number of nitrogens with one attached hydrogen (secondary N) is 1. The van der Waals surface area contributed by atoms with E-state index in [1.807, 2.05) is 49.0 Å². The molecule has 0 radical (unpaired) electrons. The Bertz CT molecular complexity index is 1090. The number of nitrogens with zero attached hydrogens (tertiary/aromatic N) is 2. The molecule has 0 saturated carbocycles. The van der Waals surface area contributed by atoms with Crippen LogP contribution in [-0.2, 0) is 6.54 Å². The van der Waals surface area contributed by atoms with E-state index in [1.54, 1.807) is 14.2 Å². The Labute approximate surface area is 197 Å². The van der Waals surface area contributed by atoms with Gasteiger partial charge in [0.25, 0.3) is 5.91 Å². The number of hydrogen-bond acceptors (Lipinski definition) is 7. The van der Waals surface area contributed by atoms with Gasteiger partial charge in [0.05, 0.1) is 19.9 Å². The lowest BCUT2D eigenvalue weighted by Gasteiger charge is -2.26. The largest absolute Gasteiger partial charge is 0.493 e. The first-order valence-corrected chi connectivity index (χ1v) is 12.4. The van der Waals surface area contributed by atoms with Crippen molar-refractivity contribution in [2.45, 2.75) is 13.5 Å². The van der Waals surface area contributed by atoms with Crippen LogP contribution in [0.5, 0.6) is 11.5 Å². The number of carbonyl (C=O) groups excluding carboxylic acids is 1. The van der Waals surface area contributed by atoms with Crippen LogP contribution in [0.2, 0.25) is 0 Å². The first kappa shape index (κ1) is 22.6. The van der Waals surface area contributed by atoms with Gasteiger partial charge in [-0.15, -0.1) is 11.3 Å². The third-order valence-electron chi connectivity index (χ3n) is 5.33. The van der Waals surface area contributed by atoms with Crippen LogP contribution < -0.4 is 14.8 Å². The molecule has 3 aromatic rings. The van der Waals surface area contributed by atoms with E-state index in [1.165, 1.54) is 28.4 Å². The molecule has 32 heavy (non-hydrogen) atoms. The van der Waals surface area contributed by atoms with Gasteiger partial charge in [-0.1, -0.05) is 12.1 Å². The maximum absolute atomic E-state index is 13.0. The second-order valence-corrected chi connectivity index (χ2v) is 9.77. The maximum Gasteiger partial charge on any atom is 0.267 e. The molecule has 1 amide bonds. The molecule has 1 N–H and O–H groups in total. The number of benzene rings is 2. The smallest absolute Gasteiger partial charge is 0.267 e. The lowest BCUT2D eigenvalue weighted by atomic mass is 10.2. The second kappa shape index (κ2) is 10.4. The minimum absolute atomic E-state index is 0.141. The Morgan fingerprint density at radius 1 is 1.09 bits per heavy atom. The number of methoxy groups -OCH3 is 2. The number of aromatic nitrogens is 1. The van der Waals surface area contributed by atoms with Crippen molar-refractivity contribution in [1.29, 1.82) is 0 Å². The third kappa shape index (κ3) is 5.26. The van der Waals surface area contributed by atoms with E-state index in [0.29, 0.717) is 22.1 Å². The minimum Gasteiger partial charge on any atom is -0.493 e. The first-order valence-electron chi connectivity index (χ1n) is 10.5. The Morgan fingerprint density at radius 3 is 2.62 bits per heavy atom. The average Bonchev–Trinajstić information content (AvgIpc) is 3.21. The van der Waals surface area contributed by atoms with E-state index in [2.05, 4.69) is 27.3 Å². The fourth-order valence-electron chi connectivity index (χ4n) is 3.65. The predicted octanol–water partition coefficient (Wildman–Crippen LogP) is 4.94. The molecule has 0 atom stereocenters. The van der Waals surface area contributed by atoms with Crippen molar-refractivity contribution in [3.8, 4) is 22.1 Å². The van der Waals surface area contributed by atoms with Gasteiger partial charge >= 0.3 is 0 Å². The summed E-state index contributed by atoms with van der Waals surface area (Å²) in [6, 6.07) is 13.7. The van der Waals surface area contributed by atoms with Gasteiger partial charge in [-0.05, 0) is 42.8 Å². The molecule has 1 fully saturated rings. The van der Waals surface area contributed by atoms with Crippen LogP contribution in [0.3, 0.4) is 0 Å². The molecule has 0 bridgehead atoms. The van der Waals surface area contributed by atoms with Crippen LogP contribution in [0.1, 0.15) is 20.9 Å². The Kier molecular flexibility index (Phi) is 7.34. The van der Waals surface area contributed by atoms with E-state index in [0.717, 1.165) is 35.9 Å². The summed E-state index contributed by atoms with van der Waals surface area (Å²) in [5.41, 5.74) is 3.61. The second-order valence-electron chi connectivity index (χ2n) is 7.55. The number of thioether (sulfide) groups is 1. The van der Waals surface area contributed by atoms with Crippen molar-refractivity contribution >= 4 is 34.7 Å². The van der Waals surface area contributed by atoms with E-state index in [-0.39, 0.29) is 5.91 Å². The number of rotatable bonds is 7. The molecule has 1 aliphatic rings. The van der Waals surface area contributed by atoms with Gasteiger partial charge in [-0.3, -0.25) is 9.69 Å². The highest BCUT2D eigenvalue weighted by atomic mass is 32.2. The zero-order valence-electron chi connectivity index (χ0n) is 18.5. The van der Waals surface area contributed by atoms with Gasteiger partial charge in [-0.25, -0.2) is 4.98 Å². The number of amides is 1. The third-order valence-corrected chi connectivity index (χ3v) is 7.48. The number of anilines is 1. The predicted molar refractivity (Wildman–Crippen MR) is 132 cm³/mol. The standard InChI is InChI=1S/C24H27N3O3S2/c1-16-22(32-24(25-16)18-7-8-20(29-2)21(14-18)30-3)23(28)26-19-6-4-5-17(13-19)15-27-9-11-31-12-10-27/h4-8,13-14H,9-12,15H2,1-3H3,(H,26,28). The molecule has 1 saturated heterocycles. The average molecular weight is 470 g/mol. The van der Waals surface area contributed by atoms with Gasteiger partial charge < -0.3 is 14.8 Å². The van der Waals surface area contributed by atoms with Crippen molar-refractivity contribution in [3.63, 3.8) is 0 Å². The summed E-state index contributed by atoms with van der Waals surface area (Å²) in [5, 5.41) is 3.82. The molecule has 6 nitrogen and oxygen atoms in total. The van der Waals surface area contributed by atoms with Crippen molar-refractivity contribution in [2.24, 2.45) is 0 Å². The lowest BCUT2D eigenvalue weighted by Crippen LogP contribution is -2.31. The molecule has 1 aromatic heterocycles. The van der Waals surface area contributed by atoms with Crippen molar-refractivity contribution in [3.05, 3.63) is 58.6 Å². The molecule has 8 heteroatoms. The summed E-state index contributed by atoms with van der Waals surface area (Å²) in [6.07, 6.45) is 0. The summed E-state index contributed by atoms with van der Waals surface area (Å²) in [7, 11) is 3.21. The number of aryl methyl sites for hydroxylation is 1. The van der Waals surface area contributed by atoms with E-state index >= 15 is 0 Å². The monoisotopic (exact) mass is 469 g/mol. The molecule has 168 valence electrons. The van der Waals surface area contributed by atoms with Crippen LogP contribution in [0, 0.1) is 6.92 Å². The molecule has 0 spiro atoms. The molecule has 0 aliphatic carbocycles. The highest BCUT2D eigenvalue weighted by Crippen LogP contribution is 2.35. The molecule has 1 aliphatic heterocycles. The zero-order valence-corrected chi connectivity index (χ0v) is 20.1. The molecule has 2 aromatic carbocycles. The van der Waals surface area contributed by atoms with Crippen molar-refractivity contribution in [2.75, 3.05) is 44.1 Å². The van der Waals surface area contributed by atoms with Crippen molar-refractivity contribution in [1.82, 2.24) is 9.88 Å². The van der Waals surface area contributed by atoms with Crippen LogP contribution >= 0.6 is 23.1 Å². The van der Waals surface area contributed by atoms with Crippen LogP contribution in [0.4, 0.5) is 5.69 Å². The number of hydrogen-bond donors (Lipinski definition) is 1. The molecule has 0 unspecified atom stereocenters. The van der Waals surface area contributed by atoms with Crippen LogP contribution in [-0.4, -0.2) is 54.6 Å². The summed E-state index contributed by atoms with van der Waals surface area (Å²) in [6.45, 7) is 4.99. The highest BCUT2D eigenvalue weighted by Gasteiger charge is 2.18. The lowest BCUT2D eigenvalue weighted by molar-refractivity contribution is 0.103. The SMILES string of the molecule is COc1ccc(-c2nc(C)c(C(=O)Nc3cccc(CN4CCSCC4)c3)s2)cc1OC. The molecular weight excluding hydrogens is 442 g/mol. The Balaban J connectivity index is 1.49. The number of ether oxygens (including phenoxy) is 2. The van der Waals surface area contributed by atoms with E-state index < -0.39 is 0 Å². The van der Waals surface area contributed by atoms with Crippen LogP contribution in [0.25, 0.3) is 10.6 Å². The quantitative estimate of drug-likeness (QED) is 0.529. The van der Waals surface area contributed by atoms with Gasteiger partial charge in [0.2, 0.25) is 0 Å². The summed E-state index contributed by atoms with van der Waals surface area (Å²) < 4.78 is 10.7. The summed E-state index contributed by atoms with van der Waals surface area (Å²) >= 11 is 3.38. The van der Waals surface area contributed by atoms with Gasteiger partial charge in [-0.2, -0.15) is 11.8 Å². The van der Waals surface area contributed by atoms with Crippen molar-refractivity contribution < 1.29 is 14.3 Å². The normalized spacial score (nSPS) is 14.2. The topological polar surface area (TPSA) is 63.7 Å². The van der Waals surface area contributed by atoms with Gasteiger partial charge in [0.1, 0.15) is 9.88 Å². The fraction of sp³-hybridized carbons (Fsp3) is 0.333. The minimum atomic E-state index is -0.141. The maximum atomic E-state index is 13.0. The number of carbonyl (C=O) groups is 1. The van der Waals surface area contributed by atoms with Gasteiger partial charge in [0, 0.05) is 42.4 Å². The number of thiazole rings is 1. The first-order chi connectivity index (χ1) is 15.6.